The fourth-order valence-electron chi connectivity index (χ4n) is 2.74. The number of benzene rings is 2. The third-order valence-corrected chi connectivity index (χ3v) is 4.68. The number of hydrogen-bond donors (Lipinski definition) is 2. The van der Waals surface area contributed by atoms with Crippen molar-refractivity contribution in [2.75, 3.05) is 20.6 Å². The Balaban J connectivity index is 1.88. The van der Waals surface area contributed by atoms with E-state index in [1.807, 2.05) is 37.1 Å². The minimum absolute atomic E-state index is 0.0991. The molecule has 5 nitrogen and oxygen atoms in total. The van der Waals surface area contributed by atoms with Crippen LogP contribution in [0.1, 0.15) is 34.5 Å². The fraction of sp³-hybridized carbons (Fsp3) is 0.300. The molecule has 2 N–H and O–H groups in total. The standard InChI is InChI=1S/C20H23Cl2N3O2/c1-13(17-9-8-16(21)10-18(17)22)24-19(26)12-25(3)11-14-4-6-15(7-5-14)20(27)23-2/h4-10,13H,11-12H2,1-3H3,(H,23,27)(H,24,26)/t13-/m1/s1. The summed E-state index contributed by atoms with van der Waals surface area (Å²) >= 11 is 12.1. The highest BCUT2D eigenvalue weighted by molar-refractivity contribution is 6.35. The van der Waals surface area contributed by atoms with Crippen molar-refractivity contribution in [1.29, 1.82) is 0 Å². The van der Waals surface area contributed by atoms with Crippen molar-refractivity contribution in [3.63, 3.8) is 0 Å². The first-order valence-electron chi connectivity index (χ1n) is 8.54. The van der Waals surface area contributed by atoms with Crippen molar-refractivity contribution in [3.05, 3.63) is 69.2 Å². The van der Waals surface area contributed by atoms with Gasteiger partial charge in [0.2, 0.25) is 5.91 Å². The zero-order valence-electron chi connectivity index (χ0n) is 15.6. The molecule has 0 saturated carbocycles. The summed E-state index contributed by atoms with van der Waals surface area (Å²) < 4.78 is 0. The zero-order valence-corrected chi connectivity index (χ0v) is 17.1. The molecule has 0 aliphatic carbocycles. The topological polar surface area (TPSA) is 61.4 Å². The largest absolute Gasteiger partial charge is 0.355 e. The summed E-state index contributed by atoms with van der Waals surface area (Å²) in [5.74, 6) is -0.220. The van der Waals surface area contributed by atoms with E-state index in [-0.39, 0.29) is 24.4 Å². The maximum atomic E-state index is 12.3. The molecule has 0 radical (unpaired) electrons. The van der Waals surface area contributed by atoms with Crippen LogP contribution >= 0.6 is 23.2 Å². The van der Waals surface area contributed by atoms with Crippen LogP contribution in [0.25, 0.3) is 0 Å². The van der Waals surface area contributed by atoms with Gasteiger partial charge < -0.3 is 10.6 Å². The van der Waals surface area contributed by atoms with E-state index in [9.17, 15) is 9.59 Å². The number of amides is 2. The van der Waals surface area contributed by atoms with Crippen LogP contribution < -0.4 is 10.6 Å². The van der Waals surface area contributed by atoms with E-state index < -0.39 is 0 Å². The van der Waals surface area contributed by atoms with E-state index in [1.165, 1.54) is 0 Å². The number of halogens is 2. The Kier molecular flexibility index (Phi) is 7.66. The second-order valence-corrected chi connectivity index (χ2v) is 7.25. The van der Waals surface area contributed by atoms with Crippen LogP contribution in [-0.2, 0) is 11.3 Å². The minimum Gasteiger partial charge on any atom is -0.355 e. The summed E-state index contributed by atoms with van der Waals surface area (Å²) in [5, 5.41) is 6.62. The molecular weight excluding hydrogens is 385 g/mol. The number of hydrogen-bond acceptors (Lipinski definition) is 3. The maximum Gasteiger partial charge on any atom is 0.251 e. The number of nitrogens with zero attached hydrogens (tertiary/aromatic N) is 1. The lowest BCUT2D eigenvalue weighted by atomic mass is 10.1. The Labute approximate surface area is 169 Å². The Hall–Kier alpha value is -2.08. The first-order chi connectivity index (χ1) is 12.8. The SMILES string of the molecule is CNC(=O)c1ccc(CN(C)CC(=O)N[C@H](C)c2ccc(Cl)cc2Cl)cc1. The molecule has 0 spiro atoms. The van der Waals surface area contributed by atoms with E-state index in [0.29, 0.717) is 22.2 Å². The molecule has 2 rings (SSSR count). The van der Waals surface area contributed by atoms with Crippen molar-refractivity contribution in [2.24, 2.45) is 0 Å². The number of likely N-dealkylation sites (N-methyl/N-ethyl adjacent to an activating group) is 1. The third kappa shape index (κ3) is 6.24. The quantitative estimate of drug-likeness (QED) is 0.735. The van der Waals surface area contributed by atoms with Crippen LogP contribution in [0.15, 0.2) is 42.5 Å². The van der Waals surface area contributed by atoms with Gasteiger partial charge in [-0.25, -0.2) is 0 Å². The zero-order chi connectivity index (χ0) is 20.0. The summed E-state index contributed by atoms with van der Waals surface area (Å²) in [7, 11) is 3.47. The van der Waals surface area contributed by atoms with Crippen molar-refractivity contribution in [3.8, 4) is 0 Å². The normalized spacial score (nSPS) is 11.9. The second-order valence-electron chi connectivity index (χ2n) is 6.40. The van der Waals surface area contributed by atoms with Crippen LogP contribution in [0.4, 0.5) is 0 Å². The molecule has 0 aliphatic heterocycles. The lowest BCUT2D eigenvalue weighted by molar-refractivity contribution is -0.122. The molecule has 0 fully saturated rings. The Morgan fingerprint density at radius 2 is 1.78 bits per heavy atom. The molecular formula is C20H23Cl2N3O2. The highest BCUT2D eigenvalue weighted by Crippen LogP contribution is 2.26. The van der Waals surface area contributed by atoms with Gasteiger partial charge in [-0.3, -0.25) is 14.5 Å². The molecule has 0 aromatic heterocycles. The lowest BCUT2D eigenvalue weighted by Gasteiger charge is -2.20. The molecule has 2 aromatic carbocycles. The molecule has 144 valence electrons. The average Bonchev–Trinajstić information content (AvgIpc) is 2.61. The summed E-state index contributed by atoms with van der Waals surface area (Å²) in [6, 6.07) is 12.3. The summed E-state index contributed by atoms with van der Waals surface area (Å²) in [6.45, 7) is 2.72. The van der Waals surface area contributed by atoms with Crippen molar-refractivity contribution in [1.82, 2.24) is 15.5 Å². The number of rotatable bonds is 7. The van der Waals surface area contributed by atoms with E-state index >= 15 is 0 Å². The molecule has 7 heteroatoms. The Morgan fingerprint density at radius 1 is 1.11 bits per heavy atom. The van der Waals surface area contributed by atoms with Crippen LogP contribution in [-0.4, -0.2) is 37.4 Å². The summed E-state index contributed by atoms with van der Waals surface area (Å²) in [6.07, 6.45) is 0. The number of carbonyl (C=O) groups is 2. The van der Waals surface area contributed by atoms with Crippen molar-refractivity contribution >= 4 is 35.0 Å². The van der Waals surface area contributed by atoms with Crippen LogP contribution in [0.3, 0.4) is 0 Å². The molecule has 0 unspecified atom stereocenters. The maximum absolute atomic E-state index is 12.3. The lowest BCUT2D eigenvalue weighted by Crippen LogP contribution is -2.36. The van der Waals surface area contributed by atoms with Gasteiger partial charge in [0.25, 0.3) is 5.91 Å². The average molecular weight is 408 g/mol. The molecule has 2 amide bonds. The minimum atomic E-state index is -0.220. The van der Waals surface area contributed by atoms with Gasteiger partial charge >= 0.3 is 0 Å². The molecule has 0 saturated heterocycles. The van der Waals surface area contributed by atoms with Crippen LogP contribution in [0, 0.1) is 0 Å². The van der Waals surface area contributed by atoms with E-state index in [1.54, 1.807) is 31.3 Å². The highest BCUT2D eigenvalue weighted by Gasteiger charge is 2.14. The Morgan fingerprint density at radius 3 is 2.37 bits per heavy atom. The monoisotopic (exact) mass is 407 g/mol. The predicted octanol–water partition coefficient (Wildman–Crippen LogP) is 3.66. The van der Waals surface area contributed by atoms with Gasteiger partial charge in [-0.1, -0.05) is 41.4 Å². The van der Waals surface area contributed by atoms with Crippen molar-refractivity contribution < 1.29 is 9.59 Å². The predicted molar refractivity (Wildman–Crippen MR) is 109 cm³/mol. The highest BCUT2D eigenvalue weighted by atomic mass is 35.5. The van der Waals surface area contributed by atoms with Gasteiger partial charge in [-0.2, -0.15) is 0 Å². The van der Waals surface area contributed by atoms with Gasteiger partial charge in [0.05, 0.1) is 12.6 Å². The van der Waals surface area contributed by atoms with Crippen LogP contribution in [0.2, 0.25) is 10.0 Å². The van der Waals surface area contributed by atoms with Crippen molar-refractivity contribution in [2.45, 2.75) is 19.5 Å². The fourth-order valence-corrected chi connectivity index (χ4v) is 3.31. The Bertz CT molecular complexity index is 809. The summed E-state index contributed by atoms with van der Waals surface area (Å²) in [4.78, 5) is 25.8. The molecule has 0 heterocycles. The van der Waals surface area contributed by atoms with E-state index in [0.717, 1.165) is 11.1 Å². The smallest absolute Gasteiger partial charge is 0.251 e. The van der Waals surface area contributed by atoms with E-state index in [2.05, 4.69) is 10.6 Å². The first kappa shape index (κ1) is 21.2. The van der Waals surface area contributed by atoms with Gasteiger partial charge in [-0.05, 0) is 49.4 Å². The number of carbonyl (C=O) groups excluding carboxylic acids is 2. The molecule has 1 atom stereocenters. The summed E-state index contributed by atoms with van der Waals surface area (Å²) in [5.41, 5.74) is 2.45. The molecule has 0 aliphatic rings. The van der Waals surface area contributed by atoms with Gasteiger partial charge in [0, 0.05) is 29.2 Å². The van der Waals surface area contributed by atoms with Gasteiger partial charge in [0.1, 0.15) is 0 Å². The number of nitrogens with one attached hydrogen (secondary N) is 2. The second kappa shape index (κ2) is 9.74. The van der Waals surface area contributed by atoms with Gasteiger partial charge in [0.15, 0.2) is 0 Å². The van der Waals surface area contributed by atoms with Gasteiger partial charge in [-0.15, -0.1) is 0 Å². The third-order valence-electron chi connectivity index (χ3n) is 4.12. The molecule has 27 heavy (non-hydrogen) atoms. The first-order valence-corrected chi connectivity index (χ1v) is 9.29. The van der Waals surface area contributed by atoms with E-state index in [4.69, 9.17) is 23.2 Å². The van der Waals surface area contributed by atoms with Crippen LogP contribution in [0.5, 0.6) is 0 Å². The molecule has 0 bridgehead atoms. The molecule has 2 aromatic rings.